The SMILES string of the molecule is NCC1C[C@@H]1C#Cc1ccc(O)c(N2CC(=O)NS2(=O)=O)c1F. The number of aromatic hydroxyl groups is 1. The van der Waals surface area contributed by atoms with E-state index in [0.717, 1.165) is 12.5 Å². The molecule has 3 rings (SSSR count). The molecule has 122 valence electrons. The van der Waals surface area contributed by atoms with Gasteiger partial charge in [0.15, 0.2) is 5.82 Å². The quantitative estimate of drug-likeness (QED) is 0.638. The van der Waals surface area contributed by atoms with Gasteiger partial charge >= 0.3 is 10.2 Å². The summed E-state index contributed by atoms with van der Waals surface area (Å²) >= 11 is 0. The zero-order valence-electron chi connectivity index (χ0n) is 11.9. The Morgan fingerprint density at radius 3 is 2.78 bits per heavy atom. The molecule has 1 aromatic rings. The Labute approximate surface area is 132 Å². The summed E-state index contributed by atoms with van der Waals surface area (Å²) in [6.07, 6.45) is 0.856. The Bertz CT molecular complexity index is 844. The lowest BCUT2D eigenvalue weighted by Gasteiger charge is -2.17. The van der Waals surface area contributed by atoms with Crippen LogP contribution in [0.25, 0.3) is 0 Å². The standard InChI is InChI=1S/C14H14FN3O4S/c15-13-8(1-2-9-5-10(9)6-16)3-4-11(19)14(13)18-7-12(20)17-23(18,21)22/h3-4,9-10,19H,5-7,16H2,(H,17,20)/t9-,10?/m0/s1. The third-order valence-corrected chi connectivity index (χ3v) is 5.16. The number of phenols is 1. The maximum absolute atomic E-state index is 14.6. The van der Waals surface area contributed by atoms with Crippen LogP contribution >= 0.6 is 0 Å². The highest BCUT2D eigenvalue weighted by atomic mass is 32.2. The van der Waals surface area contributed by atoms with Crippen LogP contribution in [0, 0.1) is 29.5 Å². The monoisotopic (exact) mass is 339 g/mol. The topological polar surface area (TPSA) is 113 Å². The Kier molecular flexibility index (Phi) is 3.66. The molecular formula is C14H14FN3O4S. The van der Waals surface area contributed by atoms with Crippen LogP contribution in [0.3, 0.4) is 0 Å². The minimum absolute atomic E-state index is 0.0463. The normalized spacial score (nSPS) is 24.8. The molecule has 0 spiro atoms. The first kappa shape index (κ1) is 15.6. The van der Waals surface area contributed by atoms with Crippen LogP contribution < -0.4 is 14.8 Å². The summed E-state index contributed by atoms with van der Waals surface area (Å²) in [5, 5.41) is 9.81. The van der Waals surface area contributed by atoms with Gasteiger partial charge in [-0.1, -0.05) is 11.8 Å². The fraction of sp³-hybridized carbons (Fsp3) is 0.357. The van der Waals surface area contributed by atoms with Crippen LogP contribution in [-0.4, -0.2) is 32.5 Å². The lowest BCUT2D eigenvalue weighted by atomic mass is 10.1. The maximum atomic E-state index is 14.6. The first-order valence-electron chi connectivity index (χ1n) is 6.90. The number of hydrogen-bond donors (Lipinski definition) is 3. The number of anilines is 1. The van der Waals surface area contributed by atoms with Crippen molar-refractivity contribution in [3.05, 3.63) is 23.5 Å². The maximum Gasteiger partial charge on any atom is 0.326 e. The summed E-state index contributed by atoms with van der Waals surface area (Å²) in [5.74, 6) is 3.58. The molecular weight excluding hydrogens is 325 g/mol. The predicted octanol–water partition coefficient (Wildman–Crippen LogP) is -0.341. The van der Waals surface area contributed by atoms with Crippen molar-refractivity contribution in [2.75, 3.05) is 17.4 Å². The zero-order valence-corrected chi connectivity index (χ0v) is 12.7. The van der Waals surface area contributed by atoms with Crippen LogP contribution in [0.1, 0.15) is 12.0 Å². The molecule has 9 heteroatoms. The second-order valence-electron chi connectivity index (χ2n) is 5.44. The molecule has 0 radical (unpaired) electrons. The number of carbonyl (C=O) groups is 1. The van der Waals surface area contributed by atoms with Gasteiger partial charge in [0.05, 0.1) is 5.56 Å². The number of amides is 1. The molecule has 2 aliphatic rings. The summed E-state index contributed by atoms with van der Waals surface area (Å²) in [4.78, 5) is 11.3. The highest BCUT2D eigenvalue weighted by Crippen LogP contribution is 2.37. The van der Waals surface area contributed by atoms with Crippen molar-refractivity contribution in [3.8, 4) is 17.6 Å². The summed E-state index contributed by atoms with van der Waals surface area (Å²) in [6, 6.07) is 2.41. The number of rotatable bonds is 2. The van der Waals surface area contributed by atoms with Crippen molar-refractivity contribution in [1.82, 2.24) is 4.72 Å². The van der Waals surface area contributed by atoms with Crippen LogP contribution in [0.2, 0.25) is 0 Å². The average Bonchev–Trinajstić information content (AvgIpc) is 3.17. The Hall–Kier alpha value is -2.31. The molecule has 7 nitrogen and oxygen atoms in total. The first-order valence-corrected chi connectivity index (χ1v) is 8.34. The van der Waals surface area contributed by atoms with Gasteiger partial charge in [0, 0.05) is 5.92 Å². The zero-order chi connectivity index (χ0) is 16.8. The molecule has 1 aliphatic heterocycles. The van der Waals surface area contributed by atoms with Crippen molar-refractivity contribution in [2.45, 2.75) is 6.42 Å². The Morgan fingerprint density at radius 1 is 1.48 bits per heavy atom. The molecule has 1 unspecified atom stereocenters. The molecule has 0 aromatic heterocycles. The van der Waals surface area contributed by atoms with Crippen molar-refractivity contribution in [2.24, 2.45) is 17.6 Å². The summed E-state index contributed by atoms with van der Waals surface area (Å²) in [5.41, 5.74) is 4.88. The molecule has 1 saturated carbocycles. The molecule has 2 atom stereocenters. The van der Waals surface area contributed by atoms with Gasteiger partial charge in [-0.3, -0.25) is 4.79 Å². The highest BCUT2D eigenvalue weighted by Gasteiger charge is 2.38. The Balaban J connectivity index is 1.98. The van der Waals surface area contributed by atoms with E-state index in [4.69, 9.17) is 5.73 Å². The van der Waals surface area contributed by atoms with E-state index in [1.54, 1.807) is 4.72 Å². The van der Waals surface area contributed by atoms with Crippen molar-refractivity contribution >= 4 is 21.8 Å². The third-order valence-electron chi connectivity index (χ3n) is 3.78. The van der Waals surface area contributed by atoms with Gasteiger partial charge in [-0.2, -0.15) is 8.42 Å². The number of halogens is 1. The van der Waals surface area contributed by atoms with E-state index < -0.39 is 39.9 Å². The van der Waals surface area contributed by atoms with E-state index in [1.807, 2.05) is 0 Å². The molecule has 1 heterocycles. The molecule has 4 N–H and O–H groups in total. The average molecular weight is 339 g/mol. The smallest absolute Gasteiger partial charge is 0.326 e. The molecule has 0 bridgehead atoms. The van der Waals surface area contributed by atoms with Gasteiger partial charge in [-0.25, -0.2) is 13.4 Å². The molecule has 1 saturated heterocycles. The fourth-order valence-electron chi connectivity index (χ4n) is 2.39. The lowest BCUT2D eigenvalue weighted by Crippen LogP contribution is -2.30. The van der Waals surface area contributed by atoms with Crippen molar-refractivity contribution in [1.29, 1.82) is 0 Å². The number of phenolic OH excluding ortho intramolecular Hbond substituents is 1. The summed E-state index contributed by atoms with van der Waals surface area (Å²) in [6.45, 7) is -0.0793. The van der Waals surface area contributed by atoms with Crippen LogP contribution in [0.5, 0.6) is 5.75 Å². The number of hydrogen-bond acceptors (Lipinski definition) is 5. The van der Waals surface area contributed by atoms with Crippen LogP contribution in [0.15, 0.2) is 12.1 Å². The number of carbonyl (C=O) groups excluding carboxylic acids is 1. The minimum atomic E-state index is -4.21. The van der Waals surface area contributed by atoms with Gasteiger partial charge in [0.1, 0.15) is 18.0 Å². The fourth-order valence-corrected chi connectivity index (χ4v) is 3.55. The second-order valence-corrected chi connectivity index (χ2v) is 7.03. The first-order chi connectivity index (χ1) is 10.8. The highest BCUT2D eigenvalue weighted by molar-refractivity contribution is 7.92. The molecule has 23 heavy (non-hydrogen) atoms. The Morgan fingerprint density at radius 2 is 2.22 bits per heavy atom. The van der Waals surface area contributed by atoms with Gasteiger partial charge in [-0.15, -0.1) is 0 Å². The summed E-state index contributed by atoms with van der Waals surface area (Å²) in [7, 11) is -4.21. The van der Waals surface area contributed by atoms with Crippen molar-refractivity contribution in [3.63, 3.8) is 0 Å². The number of nitrogens with two attached hydrogens (primary N) is 1. The van der Waals surface area contributed by atoms with Crippen molar-refractivity contribution < 1.29 is 22.7 Å². The molecule has 1 amide bonds. The molecule has 1 aromatic carbocycles. The second kappa shape index (κ2) is 5.40. The number of nitrogens with zero attached hydrogens (tertiary/aromatic N) is 1. The van der Waals surface area contributed by atoms with Gasteiger partial charge in [0.2, 0.25) is 0 Å². The van der Waals surface area contributed by atoms with E-state index in [2.05, 4.69) is 11.8 Å². The van der Waals surface area contributed by atoms with Gasteiger partial charge in [0.25, 0.3) is 5.91 Å². The minimum Gasteiger partial charge on any atom is -0.506 e. The summed E-state index contributed by atoms with van der Waals surface area (Å²) < 4.78 is 40.4. The number of nitrogens with one attached hydrogen (secondary N) is 1. The number of benzene rings is 1. The predicted molar refractivity (Wildman–Crippen MR) is 80.0 cm³/mol. The van der Waals surface area contributed by atoms with E-state index in [0.29, 0.717) is 16.8 Å². The lowest BCUT2D eigenvalue weighted by molar-refractivity contribution is -0.117. The van der Waals surface area contributed by atoms with Gasteiger partial charge < -0.3 is 10.8 Å². The van der Waals surface area contributed by atoms with E-state index in [1.165, 1.54) is 6.07 Å². The molecule has 1 aliphatic carbocycles. The third kappa shape index (κ3) is 2.83. The largest absolute Gasteiger partial charge is 0.506 e. The van der Waals surface area contributed by atoms with E-state index in [9.17, 15) is 22.7 Å². The van der Waals surface area contributed by atoms with Crippen LogP contribution in [-0.2, 0) is 15.0 Å². The molecule has 2 fully saturated rings. The van der Waals surface area contributed by atoms with E-state index in [-0.39, 0.29) is 11.5 Å². The van der Waals surface area contributed by atoms with E-state index >= 15 is 0 Å². The van der Waals surface area contributed by atoms with Crippen LogP contribution in [0.4, 0.5) is 10.1 Å². The van der Waals surface area contributed by atoms with Gasteiger partial charge in [-0.05, 0) is 31.0 Å².